The molecule has 0 amide bonds. The van der Waals surface area contributed by atoms with Crippen molar-refractivity contribution in [1.29, 1.82) is 0 Å². The van der Waals surface area contributed by atoms with Gasteiger partial charge in [0.2, 0.25) is 0 Å². The topological polar surface area (TPSA) is 20.2 Å². The van der Waals surface area contributed by atoms with Crippen LogP contribution in [0.1, 0.15) is 33.1 Å². The summed E-state index contributed by atoms with van der Waals surface area (Å²) in [5.74, 6) is 1.35. The summed E-state index contributed by atoms with van der Waals surface area (Å²) in [5.41, 5.74) is 1.18. The predicted octanol–water partition coefficient (Wildman–Crippen LogP) is 2.36. The zero-order valence-corrected chi connectivity index (χ0v) is 7.51. The lowest BCUT2D eigenvalue weighted by Gasteiger charge is -2.08. The van der Waals surface area contributed by atoms with E-state index in [1.165, 1.54) is 12.0 Å². The van der Waals surface area contributed by atoms with E-state index in [-0.39, 0.29) is 6.10 Å². The van der Waals surface area contributed by atoms with Crippen molar-refractivity contribution in [2.24, 2.45) is 11.8 Å². The highest BCUT2D eigenvalue weighted by molar-refractivity contribution is 4.93. The highest BCUT2D eigenvalue weighted by Crippen LogP contribution is 2.41. The van der Waals surface area contributed by atoms with Crippen molar-refractivity contribution in [2.75, 3.05) is 0 Å². The van der Waals surface area contributed by atoms with Crippen molar-refractivity contribution < 1.29 is 5.11 Å². The zero-order chi connectivity index (χ0) is 8.43. The van der Waals surface area contributed by atoms with Crippen LogP contribution in [-0.2, 0) is 0 Å². The molecule has 1 aliphatic carbocycles. The number of hydrogen-bond donors (Lipinski definition) is 1. The fourth-order valence-electron chi connectivity index (χ4n) is 1.50. The normalized spacial score (nSPS) is 31.5. The van der Waals surface area contributed by atoms with Crippen LogP contribution in [0.2, 0.25) is 0 Å². The summed E-state index contributed by atoms with van der Waals surface area (Å²) in [6.45, 7) is 8.03. The molecule has 0 bridgehead atoms. The minimum absolute atomic E-state index is 0.0679. The van der Waals surface area contributed by atoms with Gasteiger partial charge in [-0.05, 0) is 38.0 Å². The van der Waals surface area contributed by atoms with Gasteiger partial charge in [-0.1, -0.05) is 12.5 Å². The van der Waals surface area contributed by atoms with Crippen LogP contribution < -0.4 is 0 Å². The molecule has 64 valence electrons. The number of allylic oxidation sites excluding steroid dienone is 1. The van der Waals surface area contributed by atoms with Crippen LogP contribution in [0, 0.1) is 11.8 Å². The quantitative estimate of drug-likeness (QED) is 0.616. The molecule has 11 heavy (non-hydrogen) atoms. The van der Waals surface area contributed by atoms with E-state index >= 15 is 0 Å². The molecule has 0 aliphatic heterocycles. The monoisotopic (exact) mass is 154 g/mol. The molecule has 3 unspecified atom stereocenters. The van der Waals surface area contributed by atoms with E-state index in [0.717, 1.165) is 18.8 Å². The van der Waals surface area contributed by atoms with Gasteiger partial charge in [0.1, 0.15) is 0 Å². The Hall–Kier alpha value is -0.300. The lowest BCUT2D eigenvalue weighted by Crippen LogP contribution is -2.09. The number of aliphatic hydroxyl groups is 1. The van der Waals surface area contributed by atoms with Crippen molar-refractivity contribution in [3.05, 3.63) is 12.2 Å². The van der Waals surface area contributed by atoms with Crippen LogP contribution in [0.5, 0.6) is 0 Å². The molecule has 0 aromatic carbocycles. The summed E-state index contributed by atoms with van der Waals surface area (Å²) in [5, 5.41) is 9.57. The first kappa shape index (κ1) is 8.79. The lowest BCUT2D eigenvalue weighted by atomic mass is 10.1. The fraction of sp³-hybridized carbons (Fsp3) is 0.800. The summed E-state index contributed by atoms with van der Waals surface area (Å²) in [6.07, 6.45) is 3.04. The van der Waals surface area contributed by atoms with Gasteiger partial charge >= 0.3 is 0 Å². The van der Waals surface area contributed by atoms with Crippen LogP contribution in [0.4, 0.5) is 0 Å². The molecular weight excluding hydrogens is 136 g/mol. The first-order valence-electron chi connectivity index (χ1n) is 4.43. The second-order valence-electron chi connectivity index (χ2n) is 3.94. The third-order valence-electron chi connectivity index (χ3n) is 2.53. The van der Waals surface area contributed by atoms with Crippen molar-refractivity contribution in [3.63, 3.8) is 0 Å². The molecule has 3 atom stereocenters. The summed E-state index contributed by atoms with van der Waals surface area (Å²) in [6, 6.07) is 0. The summed E-state index contributed by atoms with van der Waals surface area (Å²) >= 11 is 0. The summed E-state index contributed by atoms with van der Waals surface area (Å²) in [7, 11) is 0. The van der Waals surface area contributed by atoms with Gasteiger partial charge in [0, 0.05) is 0 Å². The molecule has 1 heteroatoms. The van der Waals surface area contributed by atoms with E-state index in [0.29, 0.717) is 5.92 Å². The Balaban J connectivity index is 2.11. The second kappa shape index (κ2) is 3.40. The first-order chi connectivity index (χ1) is 5.11. The maximum Gasteiger partial charge on any atom is 0.0574 e. The largest absolute Gasteiger partial charge is 0.393 e. The van der Waals surface area contributed by atoms with Crippen LogP contribution in [0.15, 0.2) is 12.2 Å². The standard InChI is InChI=1S/C10H18O/c1-7(2)4-5-10(11)9-6-8(9)3/h8-11H,1,4-6H2,2-3H3. The molecule has 1 fully saturated rings. The Morgan fingerprint density at radius 2 is 2.27 bits per heavy atom. The Labute approximate surface area is 69.1 Å². The van der Waals surface area contributed by atoms with Gasteiger partial charge in [0.15, 0.2) is 0 Å². The SMILES string of the molecule is C=C(C)CCC(O)C1CC1C. The van der Waals surface area contributed by atoms with Crippen molar-refractivity contribution in [1.82, 2.24) is 0 Å². The fourth-order valence-corrected chi connectivity index (χ4v) is 1.50. The summed E-state index contributed by atoms with van der Waals surface area (Å²) in [4.78, 5) is 0. The van der Waals surface area contributed by atoms with Crippen LogP contribution in [-0.4, -0.2) is 11.2 Å². The first-order valence-corrected chi connectivity index (χ1v) is 4.43. The smallest absolute Gasteiger partial charge is 0.0574 e. The van der Waals surface area contributed by atoms with Gasteiger partial charge < -0.3 is 5.11 Å². The molecule has 0 aromatic heterocycles. The average molecular weight is 154 g/mol. The maximum atomic E-state index is 9.57. The minimum atomic E-state index is -0.0679. The molecule has 0 spiro atoms. The summed E-state index contributed by atoms with van der Waals surface area (Å²) < 4.78 is 0. The minimum Gasteiger partial charge on any atom is -0.393 e. The molecule has 1 rings (SSSR count). The number of hydrogen-bond acceptors (Lipinski definition) is 1. The molecule has 1 aliphatic rings. The number of rotatable bonds is 4. The van der Waals surface area contributed by atoms with Crippen molar-refractivity contribution in [2.45, 2.75) is 39.2 Å². The van der Waals surface area contributed by atoms with Gasteiger partial charge in [-0.2, -0.15) is 0 Å². The number of aliphatic hydroxyl groups excluding tert-OH is 1. The highest BCUT2D eigenvalue weighted by Gasteiger charge is 2.37. The van der Waals surface area contributed by atoms with Gasteiger partial charge in [-0.25, -0.2) is 0 Å². The third-order valence-corrected chi connectivity index (χ3v) is 2.53. The molecule has 1 nitrogen and oxygen atoms in total. The van der Waals surface area contributed by atoms with E-state index in [4.69, 9.17) is 0 Å². The molecule has 0 heterocycles. The van der Waals surface area contributed by atoms with Gasteiger partial charge in [0.25, 0.3) is 0 Å². The van der Waals surface area contributed by atoms with Crippen LogP contribution >= 0.6 is 0 Å². The molecule has 1 saturated carbocycles. The third kappa shape index (κ3) is 2.66. The molecule has 0 radical (unpaired) electrons. The molecule has 0 saturated heterocycles. The maximum absolute atomic E-state index is 9.57. The Kier molecular flexibility index (Phi) is 2.72. The molecule has 1 N–H and O–H groups in total. The average Bonchev–Trinajstić information content (AvgIpc) is 2.61. The van der Waals surface area contributed by atoms with E-state index in [2.05, 4.69) is 13.5 Å². The van der Waals surface area contributed by atoms with Gasteiger partial charge in [0.05, 0.1) is 6.10 Å². The van der Waals surface area contributed by atoms with E-state index < -0.39 is 0 Å². The zero-order valence-electron chi connectivity index (χ0n) is 7.51. The second-order valence-corrected chi connectivity index (χ2v) is 3.94. The van der Waals surface area contributed by atoms with E-state index in [9.17, 15) is 5.11 Å². The Morgan fingerprint density at radius 3 is 2.64 bits per heavy atom. The van der Waals surface area contributed by atoms with Crippen molar-refractivity contribution >= 4 is 0 Å². The Bertz CT molecular complexity index is 151. The van der Waals surface area contributed by atoms with E-state index in [1.54, 1.807) is 0 Å². The van der Waals surface area contributed by atoms with Crippen LogP contribution in [0.3, 0.4) is 0 Å². The Morgan fingerprint density at radius 1 is 1.73 bits per heavy atom. The van der Waals surface area contributed by atoms with Crippen LogP contribution in [0.25, 0.3) is 0 Å². The highest BCUT2D eigenvalue weighted by atomic mass is 16.3. The lowest BCUT2D eigenvalue weighted by molar-refractivity contribution is 0.136. The van der Waals surface area contributed by atoms with Gasteiger partial charge in [-0.15, -0.1) is 6.58 Å². The molecular formula is C10H18O. The van der Waals surface area contributed by atoms with Crippen molar-refractivity contribution in [3.8, 4) is 0 Å². The van der Waals surface area contributed by atoms with Gasteiger partial charge in [-0.3, -0.25) is 0 Å². The van der Waals surface area contributed by atoms with E-state index in [1.807, 2.05) is 6.92 Å². The molecule has 0 aromatic rings. The predicted molar refractivity (Wildman–Crippen MR) is 47.3 cm³/mol.